The van der Waals surface area contributed by atoms with Crippen LogP contribution in [0.3, 0.4) is 0 Å². The Morgan fingerprint density at radius 3 is 2.29 bits per heavy atom. The van der Waals surface area contributed by atoms with Gasteiger partial charge in [0, 0.05) is 29.0 Å². The van der Waals surface area contributed by atoms with Gasteiger partial charge in [-0.3, -0.25) is 13.9 Å². The van der Waals surface area contributed by atoms with E-state index in [9.17, 15) is 18.0 Å². The average molecular weight is 665 g/mol. The molecule has 11 heteroatoms. The van der Waals surface area contributed by atoms with E-state index in [1.807, 2.05) is 68.4 Å². The number of halogens is 2. The molecule has 0 aromatic heterocycles. The highest BCUT2D eigenvalue weighted by Crippen LogP contribution is 2.33. The second kappa shape index (κ2) is 14.7. The molecule has 3 aromatic carbocycles. The van der Waals surface area contributed by atoms with Gasteiger partial charge in [-0.05, 0) is 47.4 Å². The van der Waals surface area contributed by atoms with Gasteiger partial charge in [-0.1, -0.05) is 83.8 Å². The smallest absolute Gasteiger partial charge is 0.244 e. The van der Waals surface area contributed by atoms with Crippen molar-refractivity contribution >= 4 is 55.1 Å². The molecular formula is C30H35BrClN3O5S. The fourth-order valence-electron chi connectivity index (χ4n) is 4.26. The Hall–Kier alpha value is -3.08. The molecule has 0 unspecified atom stereocenters. The molecule has 0 heterocycles. The minimum absolute atomic E-state index is 0.0785. The number of carbonyl (C=O) groups excluding carboxylic acids is 2. The summed E-state index contributed by atoms with van der Waals surface area (Å²) in [7, 11) is -2.56. The fourth-order valence-corrected chi connectivity index (χ4v) is 5.72. The van der Waals surface area contributed by atoms with Crippen molar-refractivity contribution in [1.29, 1.82) is 0 Å². The van der Waals surface area contributed by atoms with Crippen molar-refractivity contribution in [1.82, 2.24) is 10.2 Å². The minimum Gasteiger partial charge on any atom is -0.495 e. The van der Waals surface area contributed by atoms with Crippen molar-refractivity contribution in [3.63, 3.8) is 0 Å². The Morgan fingerprint density at radius 1 is 1.00 bits per heavy atom. The Labute approximate surface area is 255 Å². The van der Waals surface area contributed by atoms with Crippen molar-refractivity contribution in [2.24, 2.45) is 5.92 Å². The van der Waals surface area contributed by atoms with Crippen LogP contribution >= 0.6 is 27.5 Å². The summed E-state index contributed by atoms with van der Waals surface area (Å²) < 4.78 is 33.2. The summed E-state index contributed by atoms with van der Waals surface area (Å²) in [5.41, 5.74) is 1.76. The molecule has 1 atom stereocenters. The summed E-state index contributed by atoms with van der Waals surface area (Å²) in [6.45, 7) is 3.91. The number of benzene rings is 3. The van der Waals surface area contributed by atoms with Crippen molar-refractivity contribution in [2.75, 3.05) is 30.8 Å². The van der Waals surface area contributed by atoms with Gasteiger partial charge in [0.15, 0.2) is 0 Å². The number of nitrogens with zero attached hydrogens (tertiary/aromatic N) is 2. The van der Waals surface area contributed by atoms with Crippen molar-refractivity contribution in [2.45, 2.75) is 32.9 Å². The standard InChI is InChI=1S/C30H35BrClN3O5S/c1-21(2)18-33-30(37)27(16-22-9-6-5-7-10-22)34(19-23-11-8-12-24(31)15-23)29(36)20-35(41(4,38)39)26-17-25(32)13-14-28(26)40-3/h5-15,17,21,27H,16,18-20H2,1-4H3,(H,33,37)/t27-/m1/s1. The molecular weight excluding hydrogens is 630 g/mol. The van der Waals surface area contributed by atoms with E-state index in [2.05, 4.69) is 21.2 Å². The van der Waals surface area contributed by atoms with Gasteiger partial charge in [0.1, 0.15) is 18.3 Å². The first-order chi connectivity index (χ1) is 19.4. The number of anilines is 1. The van der Waals surface area contributed by atoms with Gasteiger partial charge < -0.3 is 15.0 Å². The third kappa shape index (κ3) is 9.48. The molecule has 0 spiro atoms. The fraction of sp³-hybridized carbons (Fsp3) is 0.333. The van der Waals surface area contributed by atoms with Gasteiger partial charge in [0.2, 0.25) is 21.8 Å². The van der Waals surface area contributed by atoms with Gasteiger partial charge in [-0.15, -0.1) is 0 Å². The van der Waals surface area contributed by atoms with Crippen LogP contribution in [0.4, 0.5) is 5.69 Å². The molecule has 8 nitrogen and oxygen atoms in total. The van der Waals surface area contributed by atoms with E-state index in [0.717, 1.165) is 26.2 Å². The second-order valence-corrected chi connectivity index (χ2v) is 13.3. The number of rotatable bonds is 13. The quantitative estimate of drug-likeness (QED) is 0.268. The van der Waals surface area contributed by atoms with Crippen LogP contribution in [0.1, 0.15) is 25.0 Å². The van der Waals surface area contributed by atoms with Crippen molar-refractivity contribution in [3.8, 4) is 5.75 Å². The van der Waals surface area contributed by atoms with Crippen molar-refractivity contribution < 1.29 is 22.7 Å². The molecule has 3 rings (SSSR count). The maximum atomic E-state index is 14.2. The average Bonchev–Trinajstić information content (AvgIpc) is 2.92. The van der Waals surface area contributed by atoms with E-state index in [-0.39, 0.29) is 41.3 Å². The molecule has 220 valence electrons. The third-order valence-corrected chi connectivity index (χ3v) is 8.14. The van der Waals surface area contributed by atoms with Gasteiger partial charge in [0.05, 0.1) is 19.1 Å². The predicted molar refractivity (Wildman–Crippen MR) is 167 cm³/mol. The molecule has 0 aliphatic heterocycles. The van der Waals surface area contributed by atoms with E-state index in [1.165, 1.54) is 24.1 Å². The molecule has 0 saturated carbocycles. The van der Waals surface area contributed by atoms with Gasteiger partial charge >= 0.3 is 0 Å². The molecule has 0 radical (unpaired) electrons. The lowest BCUT2D eigenvalue weighted by Gasteiger charge is -2.34. The van der Waals surface area contributed by atoms with Crippen molar-refractivity contribution in [3.05, 3.63) is 93.4 Å². The van der Waals surface area contributed by atoms with E-state index in [1.54, 1.807) is 6.07 Å². The molecule has 0 saturated heterocycles. The number of sulfonamides is 1. The summed E-state index contributed by atoms with van der Waals surface area (Å²) in [4.78, 5) is 29.3. The summed E-state index contributed by atoms with van der Waals surface area (Å²) in [5, 5.41) is 3.25. The normalized spacial score (nSPS) is 12.1. The first kappa shape index (κ1) is 32.4. The van der Waals surface area contributed by atoms with Crippen LogP contribution in [0.25, 0.3) is 0 Å². The molecule has 2 amide bonds. The Kier molecular flexibility index (Phi) is 11.6. The van der Waals surface area contributed by atoms with Gasteiger partial charge in [0.25, 0.3) is 0 Å². The van der Waals surface area contributed by atoms with Gasteiger partial charge in [-0.2, -0.15) is 0 Å². The van der Waals surface area contributed by atoms with Crippen LogP contribution < -0.4 is 14.4 Å². The number of nitrogens with one attached hydrogen (secondary N) is 1. The molecule has 1 N–H and O–H groups in total. The predicted octanol–water partition coefficient (Wildman–Crippen LogP) is 5.29. The first-order valence-corrected chi connectivity index (χ1v) is 16.1. The van der Waals surface area contributed by atoms with Crippen LogP contribution in [-0.2, 0) is 32.6 Å². The maximum absolute atomic E-state index is 14.2. The number of carbonyl (C=O) groups is 2. The lowest BCUT2D eigenvalue weighted by atomic mass is 10.0. The summed E-state index contributed by atoms with van der Waals surface area (Å²) in [6.07, 6.45) is 1.25. The lowest BCUT2D eigenvalue weighted by Crippen LogP contribution is -2.53. The molecule has 0 aliphatic rings. The van der Waals surface area contributed by atoms with Crippen LogP contribution in [0, 0.1) is 5.92 Å². The summed E-state index contributed by atoms with van der Waals surface area (Å²) in [5.74, 6) is -0.446. The Bertz CT molecular complexity index is 1450. The highest BCUT2D eigenvalue weighted by atomic mass is 79.9. The second-order valence-electron chi connectivity index (χ2n) is 10.1. The largest absolute Gasteiger partial charge is 0.495 e. The monoisotopic (exact) mass is 663 g/mol. The summed E-state index contributed by atoms with van der Waals surface area (Å²) >= 11 is 9.67. The van der Waals surface area contributed by atoms with Crippen LogP contribution in [0.5, 0.6) is 5.75 Å². The van der Waals surface area contributed by atoms with E-state index >= 15 is 0 Å². The molecule has 0 fully saturated rings. The minimum atomic E-state index is -3.96. The van der Waals surface area contributed by atoms with E-state index in [0.29, 0.717) is 6.54 Å². The molecule has 0 aliphatic carbocycles. The highest BCUT2D eigenvalue weighted by molar-refractivity contribution is 9.10. The zero-order chi connectivity index (χ0) is 30.2. The molecule has 0 bridgehead atoms. The maximum Gasteiger partial charge on any atom is 0.244 e. The first-order valence-electron chi connectivity index (χ1n) is 13.1. The highest BCUT2D eigenvalue weighted by Gasteiger charge is 2.33. The number of amides is 2. The van der Waals surface area contributed by atoms with E-state index in [4.69, 9.17) is 16.3 Å². The third-order valence-electron chi connectivity index (χ3n) is 6.29. The van der Waals surface area contributed by atoms with E-state index < -0.39 is 28.5 Å². The summed E-state index contributed by atoms with van der Waals surface area (Å²) in [6, 6.07) is 20.5. The van der Waals surface area contributed by atoms with Crippen LogP contribution in [-0.4, -0.2) is 57.6 Å². The number of hydrogen-bond donors (Lipinski definition) is 1. The SMILES string of the molecule is COc1ccc(Cl)cc1N(CC(=O)N(Cc1cccc(Br)c1)[C@H](Cc1ccccc1)C(=O)NCC(C)C)S(C)(=O)=O. The number of methoxy groups -OCH3 is 1. The van der Waals surface area contributed by atoms with Crippen LogP contribution in [0.2, 0.25) is 5.02 Å². The zero-order valence-electron chi connectivity index (χ0n) is 23.5. The molecule has 41 heavy (non-hydrogen) atoms. The zero-order valence-corrected chi connectivity index (χ0v) is 26.7. The number of ether oxygens (including phenoxy) is 1. The Morgan fingerprint density at radius 2 is 1.68 bits per heavy atom. The topological polar surface area (TPSA) is 96.0 Å². The van der Waals surface area contributed by atoms with Gasteiger partial charge in [-0.25, -0.2) is 8.42 Å². The number of hydrogen-bond acceptors (Lipinski definition) is 5. The lowest BCUT2D eigenvalue weighted by molar-refractivity contribution is -0.140. The molecule has 3 aromatic rings. The Balaban J connectivity index is 2.09. The van der Waals surface area contributed by atoms with Crippen LogP contribution in [0.15, 0.2) is 77.3 Å².